The van der Waals surface area contributed by atoms with Crippen molar-refractivity contribution < 1.29 is 13.2 Å². The number of halogens is 3. The third kappa shape index (κ3) is 5.23. The van der Waals surface area contributed by atoms with Crippen LogP contribution in [0.5, 0.6) is 0 Å². The minimum Gasteiger partial charge on any atom is -0.323 e. The lowest BCUT2D eigenvalue weighted by molar-refractivity contribution is -0.114. The Kier molecular flexibility index (Phi) is 6.88. The first-order chi connectivity index (χ1) is 14.2. The van der Waals surface area contributed by atoms with Crippen LogP contribution < -0.4 is 4.72 Å². The van der Waals surface area contributed by atoms with Crippen molar-refractivity contribution in [3.63, 3.8) is 0 Å². The lowest BCUT2D eigenvalue weighted by Crippen LogP contribution is -2.28. The maximum Gasteiger partial charge on any atom is 0.264 e. The van der Waals surface area contributed by atoms with Gasteiger partial charge in [0.1, 0.15) is 5.82 Å². The average molecular weight is 485 g/mol. The molecule has 3 aromatic rings. The van der Waals surface area contributed by atoms with Crippen molar-refractivity contribution in [3.05, 3.63) is 86.9 Å². The van der Waals surface area contributed by atoms with Gasteiger partial charge >= 0.3 is 0 Å². The third-order valence-corrected chi connectivity index (χ3v) is 6.41. The van der Waals surface area contributed by atoms with Crippen LogP contribution in [0.1, 0.15) is 17.1 Å². The van der Waals surface area contributed by atoms with E-state index in [0.29, 0.717) is 28.1 Å². The predicted molar refractivity (Wildman–Crippen MR) is 118 cm³/mol. The van der Waals surface area contributed by atoms with Crippen molar-refractivity contribution in [1.29, 1.82) is 0 Å². The van der Waals surface area contributed by atoms with Crippen molar-refractivity contribution in [2.24, 2.45) is 0 Å². The Balaban J connectivity index is 1.83. The van der Waals surface area contributed by atoms with Gasteiger partial charge in [0.05, 0.1) is 17.1 Å². The quantitative estimate of drug-likeness (QED) is 0.513. The van der Waals surface area contributed by atoms with Gasteiger partial charge in [-0.05, 0) is 42.8 Å². The fourth-order valence-corrected chi connectivity index (χ4v) is 4.43. The lowest BCUT2D eigenvalue weighted by Gasteiger charge is -2.10. The number of nitrogens with zero attached hydrogens (tertiary/aromatic N) is 2. The highest BCUT2D eigenvalue weighted by atomic mass is 35.5. The number of carbonyl (C=O) groups is 1. The number of imidazole rings is 1. The molecule has 30 heavy (non-hydrogen) atoms. The third-order valence-electron chi connectivity index (χ3n) is 4.18. The molecule has 0 atom stereocenters. The number of carbonyl (C=O) groups excluding carboxylic acids is 1. The van der Waals surface area contributed by atoms with Crippen LogP contribution in [0, 0.1) is 6.92 Å². The number of nitrogens with one attached hydrogen (secondary N) is 1. The van der Waals surface area contributed by atoms with Gasteiger partial charge < -0.3 is 4.57 Å². The number of benzene rings is 2. The molecule has 156 valence electrons. The zero-order valence-corrected chi connectivity index (χ0v) is 18.7. The molecule has 1 N–H and O–H groups in total. The molecule has 0 aliphatic carbocycles. The Bertz CT molecular complexity index is 1220. The number of hydrogen-bond acceptors (Lipinski definition) is 4. The Morgan fingerprint density at radius 2 is 1.83 bits per heavy atom. The van der Waals surface area contributed by atoms with Gasteiger partial charge in [0.25, 0.3) is 15.9 Å². The van der Waals surface area contributed by atoms with Crippen molar-refractivity contribution >= 4 is 56.8 Å². The largest absolute Gasteiger partial charge is 0.323 e. The molecule has 0 aliphatic heterocycles. The number of aromatic nitrogens is 2. The highest BCUT2D eigenvalue weighted by Gasteiger charge is 2.17. The summed E-state index contributed by atoms with van der Waals surface area (Å²) in [5.41, 5.74) is 1.22. The number of aryl methyl sites for hydroxylation is 1. The maximum absolute atomic E-state index is 12.3. The highest BCUT2D eigenvalue weighted by Crippen LogP contribution is 2.25. The normalized spacial score (nSPS) is 11.7. The number of sulfonamides is 1. The van der Waals surface area contributed by atoms with E-state index < -0.39 is 15.9 Å². The van der Waals surface area contributed by atoms with Crippen LogP contribution in [0.25, 0.3) is 6.08 Å². The topological polar surface area (TPSA) is 81.1 Å². The number of rotatable bonds is 6. The van der Waals surface area contributed by atoms with Crippen LogP contribution in [-0.2, 0) is 21.4 Å². The standard InChI is InChI=1S/C20H16Cl3N3O3S/c1-13-24-20(23)18(26(13)12-14-7-8-15(21)11-17(14)22)9-10-19(27)25-30(28,29)16-5-3-2-4-6-16/h2-11H,12H2,1H3,(H,25,27)/b10-9+. The Labute approximate surface area is 189 Å². The zero-order valence-electron chi connectivity index (χ0n) is 15.6. The van der Waals surface area contributed by atoms with Gasteiger partial charge in [-0.25, -0.2) is 18.1 Å². The first-order valence-corrected chi connectivity index (χ1v) is 11.3. The highest BCUT2D eigenvalue weighted by molar-refractivity contribution is 7.90. The molecule has 0 radical (unpaired) electrons. The van der Waals surface area contributed by atoms with Crippen molar-refractivity contribution in [1.82, 2.24) is 14.3 Å². The molecule has 0 unspecified atom stereocenters. The SMILES string of the molecule is Cc1nc(Cl)c(/C=C/C(=O)NS(=O)(=O)c2ccccc2)n1Cc1ccc(Cl)cc1Cl. The van der Waals surface area contributed by atoms with Crippen LogP contribution in [0.15, 0.2) is 59.5 Å². The van der Waals surface area contributed by atoms with Gasteiger partial charge in [0, 0.05) is 16.1 Å². The van der Waals surface area contributed by atoms with E-state index in [4.69, 9.17) is 34.8 Å². The maximum atomic E-state index is 12.3. The summed E-state index contributed by atoms with van der Waals surface area (Å²) in [6, 6.07) is 12.7. The van der Waals surface area contributed by atoms with Crippen molar-refractivity contribution in [3.8, 4) is 0 Å². The fraction of sp³-hybridized carbons (Fsp3) is 0.100. The van der Waals surface area contributed by atoms with E-state index in [1.165, 1.54) is 18.2 Å². The summed E-state index contributed by atoms with van der Waals surface area (Å²) in [5.74, 6) is -0.215. The summed E-state index contributed by atoms with van der Waals surface area (Å²) in [6.45, 7) is 2.10. The average Bonchev–Trinajstić information content (AvgIpc) is 2.95. The van der Waals surface area contributed by atoms with E-state index in [2.05, 4.69) is 4.98 Å². The summed E-state index contributed by atoms with van der Waals surface area (Å²) >= 11 is 18.4. The number of amides is 1. The molecule has 0 fully saturated rings. The first-order valence-electron chi connectivity index (χ1n) is 8.64. The van der Waals surface area contributed by atoms with E-state index in [0.717, 1.165) is 11.6 Å². The molecule has 0 spiro atoms. The second-order valence-corrected chi connectivity index (χ2v) is 9.16. The zero-order chi connectivity index (χ0) is 21.9. The van der Waals surface area contributed by atoms with E-state index in [9.17, 15) is 13.2 Å². The van der Waals surface area contributed by atoms with Gasteiger partial charge in [-0.1, -0.05) is 59.1 Å². The van der Waals surface area contributed by atoms with E-state index in [-0.39, 0.29) is 10.0 Å². The van der Waals surface area contributed by atoms with Crippen molar-refractivity contribution in [2.45, 2.75) is 18.4 Å². The Morgan fingerprint density at radius 1 is 1.13 bits per heavy atom. The summed E-state index contributed by atoms with van der Waals surface area (Å²) in [6.07, 6.45) is 2.49. The smallest absolute Gasteiger partial charge is 0.264 e. The van der Waals surface area contributed by atoms with Gasteiger partial charge in [0.15, 0.2) is 5.15 Å². The molecule has 10 heteroatoms. The van der Waals surface area contributed by atoms with Crippen LogP contribution in [-0.4, -0.2) is 23.9 Å². The van der Waals surface area contributed by atoms with Crippen LogP contribution in [0.3, 0.4) is 0 Å². The van der Waals surface area contributed by atoms with Crippen LogP contribution >= 0.6 is 34.8 Å². The van der Waals surface area contributed by atoms with Crippen LogP contribution in [0.4, 0.5) is 0 Å². The van der Waals surface area contributed by atoms with E-state index in [1.54, 1.807) is 47.9 Å². The second-order valence-electron chi connectivity index (χ2n) is 6.27. The molecule has 0 saturated carbocycles. The summed E-state index contributed by atoms with van der Waals surface area (Å²) in [7, 11) is -3.97. The number of hydrogen-bond donors (Lipinski definition) is 1. The van der Waals surface area contributed by atoms with Crippen LogP contribution in [0.2, 0.25) is 15.2 Å². The molecule has 3 rings (SSSR count). The molecule has 0 saturated heterocycles. The molecular formula is C20H16Cl3N3O3S. The predicted octanol–water partition coefficient (Wildman–Crippen LogP) is 4.72. The van der Waals surface area contributed by atoms with Gasteiger partial charge in [-0.3, -0.25) is 4.79 Å². The van der Waals surface area contributed by atoms with E-state index >= 15 is 0 Å². The summed E-state index contributed by atoms with van der Waals surface area (Å²) < 4.78 is 28.3. The van der Waals surface area contributed by atoms with E-state index in [1.807, 2.05) is 4.72 Å². The Morgan fingerprint density at radius 3 is 2.50 bits per heavy atom. The fourth-order valence-electron chi connectivity index (χ4n) is 2.70. The van der Waals surface area contributed by atoms with Gasteiger partial charge in [-0.2, -0.15) is 0 Å². The molecular weight excluding hydrogens is 469 g/mol. The monoisotopic (exact) mass is 483 g/mol. The van der Waals surface area contributed by atoms with Gasteiger partial charge in [0.2, 0.25) is 0 Å². The Hall–Kier alpha value is -2.32. The molecule has 0 bridgehead atoms. The molecule has 1 heterocycles. The minimum absolute atomic E-state index is 0.0111. The van der Waals surface area contributed by atoms with Gasteiger partial charge in [-0.15, -0.1) is 0 Å². The molecule has 1 amide bonds. The first kappa shape index (κ1) is 22.4. The molecule has 1 aromatic heterocycles. The molecule has 0 aliphatic rings. The molecule has 6 nitrogen and oxygen atoms in total. The summed E-state index contributed by atoms with van der Waals surface area (Å²) in [5, 5.41) is 1.17. The second kappa shape index (κ2) is 9.22. The minimum atomic E-state index is -3.97. The lowest BCUT2D eigenvalue weighted by atomic mass is 10.2. The van der Waals surface area contributed by atoms with Crippen molar-refractivity contribution in [2.75, 3.05) is 0 Å². The molecule has 2 aromatic carbocycles. The summed E-state index contributed by atoms with van der Waals surface area (Å²) in [4.78, 5) is 16.4.